The number of aromatic nitrogens is 2. The Kier molecular flexibility index (Phi) is 4.95. The lowest BCUT2D eigenvalue weighted by atomic mass is 10.2. The van der Waals surface area contributed by atoms with Gasteiger partial charge in [0.15, 0.2) is 6.61 Å². The predicted molar refractivity (Wildman–Crippen MR) is 86.8 cm³/mol. The van der Waals surface area contributed by atoms with E-state index in [0.717, 1.165) is 11.6 Å². The van der Waals surface area contributed by atoms with Gasteiger partial charge in [-0.2, -0.15) is 4.98 Å². The van der Waals surface area contributed by atoms with Crippen LogP contribution in [0.5, 0.6) is 5.75 Å². The molecule has 0 aliphatic heterocycles. The Labute approximate surface area is 147 Å². The van der Waals surface area contributed by atoms with Crippen LogP contribution in [0, 0.1) is 5.82 Å². The minimum atomic E-state index is -0.675. The zero-order chi connectivity index (χ0) is 17.8. The lowest BCUT2D eigenvalue weighted by molar-refractivity contribution is 0.0430. The predicted octanol–water partition coefficient (Wildman–Crippen LogP) is 3.89. The highest BCUT2D eigenvalue weighted by Gasteiger charge is 2.14. The molecular formula is C17H12ClFN2O4. The first kappa shape index (κ1) is 16.9. The van der Waals surface area contributed by atoms with Crippen molar-refractivity contribution >= 4 is 17.6 Å². The Bertz CT molecular complexity index is 896. The molecule has 3 rings (SSSR count). The monoisotopic (exact) mass is 362 g/mol. The van der Waals surface area contributed by atoms with E-state index >= 15 is 0 Å². The maximum atomic E-state index is 13.1. The van der Waals surface area contributed by atoms with Crippen LogP contribution in [-0.4, -0.2) is 23.2 Å². The lowest BCUT2D eigenvalue weighted by Crippen LogP contribution is -2.05. The maximum absolute atomic E-state index is 13.1. The number of hydrogen-bond acceptors (Lipinski definition) is 6. The summed E-state index contributed by atoms with van der Waals surface area (Å²) in [5.41, 5.74) is 0.855. The minimum Gasteiger partial charge on any atom is -0.497 e. The van der Waals surface area contributed by atoms with Gasteiger partial charge in [0.1, 0.15) is 11.6 Å². The fraction of sp³-hybridized carbons (Fsp3) is 0.118. The smallest absolute Gasteiger partial charge is 0.338 e. The molecule has 0 spiro atoms. The van der Waals surface area contributed by atoms with Gasteiger partial charge in [0.05, 0.1) is 17.7 Å². The highest BCUT2D eigenvalue weighted by molar-refractivity contribution is 6.31. The summed E-state index contributed by atoms with van der Waals surface area (Å²) in [6.07, 6.45) is 0. The van der Waals surface area contributed by atoms with Gasteiger partial charge in [0, 0.05) is 5.56 Å². The van der Waals surface area contributed by atoms with Gasteiger partial charge in [-0.1, -0.05) is 16.8 Å². The molecule has 0 saturated carbocycles. The Morgan fingerprint density at radius 1 is 1.24 bits per heavy atom. The van der Waals surface area contributed by atoms with Crippen molar-refractivity contribution in [3.05, 3.63) is 64.8 Å². The summed E-state index contributed by atoms with van der Waals surface area (Å²) in [5.74, 6) is -0.0874. The average molecular weight is 363 g/mol. The molecule has 0 radical (unpaired) electrons. The minimum absolute atomic E-state index is 0.126. The van der Waals surface area contributed by atoms with E-state index in [0.29, 0.717) is 11.6 Å². The van der Waals surface area contributed by atoms with Gasteiger partial charge < -0.3 is 14.0 Å². The van der Waals surface area contributed by atoms with Crippen LogP contribution in [0.1, 0.15) is 16.2 Å². The number of benzene rings is 2. The van der Waals surface area contributed by atoms with Crippen LogP contribution in [0.4, 0.5) is 4.39 Å². The number of carbonyl (C=O) groups is 1. The van der Waals surface area contributed by atoms with E-state index in [4.69, 9.17) is 25.6 Å². The molecule has 0 unspecified atom stereocenters. The molecule has 6 nitrogen and oxygen atoms in total. The molecule has 0 atom stereocenters. The molecule has 0 aliphatic carbocycles. The maximum Gasteiger partial charge on any atom is 0.338 e. The van der Waals surface area contributed by atoms with Crippen molar-refractivity contribution in [3.8, 4) is 17.1 Å². The first-order valence-corrected chi connectivity index (χ1v) is 7.54. The molecule has 128 valence electrons. The number of halogens is 2. The Balaban J connectivity index is 1.64. The molecule has 0 N–H and O–H groups in total. The third-order valence-electron chi connectivity index (χ3n) is 3.30. The number of carbonyl (C=O) groups excluding carboxylic acids is 1. The number of methoxy groups -OCH3 is 1. The molecule has 0 bridgehead atoms. The molecule has 25 heavy (non-hydrogen) atoms. The fourth-order valence-electron chi connectivity index (χ4n) is 2.00. The van der Waals surface area contributed by atoms with E-state index in [9.17, 15) is 9.18 Å². The summed E-state index contributed by atoms with van der Waals surface area (Å²) in [5, 5.41) is 3.67. The second kappa shape index (κ2) is 7.31. The van der Waals surface area contributed by atoms with Gasteiger partial charge in [-0.15, -0.1) is 0 Å². The molecule has 0 aliphatic rings. The van der Waals surface area contributed by atoms with Crippen molar-refractivity contribution in [3.63, 3.8) is 0 Å². The topological polar surface area (TPSA) is 74.5 Å². The quantitative estimate of drug-likeness (QED) is 0.641. The molecule has 8 heteroatoms. The summed E-state index contributed by atoms with van der Waals surface area (Å²) < 4.78 is 28.3. The van der Waals surface area contributed by atoms with Crippen molar-refractivity contribution in [2.45, 2.75) is 6.61 Å². The molecule has 0 amide bonds. The molecule has 1 heterocycles. The number of ether oxygens (including phenoxy) is 2. The van der Waals surface area contributed by atoms with E-state index < -0.39 is 11.8 Å². The van der Waals surface area contributed by atoms with Gasteiger partial charge in [0.2, 0.25) is 5.82 Å². The highest BCUT2D eigenvalue weighted by atomic mass is 35.5. The largest absolute Gasteiger partial charge is 0.497 e. The second-order valence-electron chi connectivity index (χ2n) is 4.95. The van der Waals surface area contributed by atoms with Gasteiger partial charge in [-0.3, -0.25) is 0 Å². The Morgan fingerprint density at radius 2 is 2.00 bits per heavy atom. The lowest BCUT2D eigenvalue weighted by Gasteiger charge is -2.02. The van der Waals surface area contributed by atoms with Gasteiger partial charge in [-0.25, -0.2) is 9.18 Å². The normalized spacial score (nSPS) is 10.5. The Hall–Kier alpha value is -2.93. The highest BCUT2D eigenvalue weighted by Crippen LogP contribution is 2.20. The van der Waals surface area contributed by atoms with Crippen LogP contribution >= 0.6 is 11.6 Å². The van der Waals surface area contributed by atoms with Crippen LogP contribution in [0.15, 0.2) is 47.0 Å². The first-order valence-electron chi connectivity index (χ1n) is 7.16. The number of rotatable bonds is 5. The van der Waals surface area contributed by atoms with Crippen LogP contribution in [-0.2, 0) is 11.3 Å². The fourth-order valence-corrected chi connectivity index (χ4v) is 2.19. The second-order valence-corrected chi connectivity index (χ2v) is 5.35. The third-order valence-corrected chi connectivity index (χ3v) is 3.59. The molecule has 1 aromatic heterocycles. The summed E-state index contributed by atoms with van der Waals surface area (Å²) in [7, 11) is 1.57. The number of nitrogens with zero attached hydrogens (tertiary/aromatic N) is 2. The van der Waals surface area contributed by atoms with E-state index in [2.05, 4.69) is 10.1 Å². The van der Waals surface area contributed by atoms with Crippen molar-refractivity contribution in [2.24, 2.45) is 0 Å². The summed E-state index contributed by atoms with van der Waals surface area (Å²) in [4.78, 5) is 16.1. The number of esters is 1. The van der Waals surface area contributed by atoms with E-state index in [1.165, 1.54) is 12.1 Å². The zero-order valence-electron chi connectivity index (χ0n) is 13.0. The summed E-state index contributed by atoms with van der Waals surface area (Å²) in [6, 6.07) is 10.6. The van der Waals surface area contributed by atoms with Crippen molar-refractivity contribution in [1.29, 1.82) is 0 Å². The average Bonchev–Trinajstić information content (AvgIpc) is 3.11. The van der Waals surface area contributed by atoms with Crippen molar-refractivity contribution in [2.75, 3.05) is 7.11 Å². The van der Waals surface area contributed by atoms with Crippen LogP contribution in [0.25, 0.3) is 11.4 Å². The van der Waals surface area contributed by atoms with Crippen LogP contribution in [0.3, 0.4) is 0 Å². The summed E-state index contributed by atoms with van der Waals surface area (Å²) in [6.45, 7) is -0.211. The molecule has 0 saturated heterocycles. The van der Waals surface area contributed by atoms with E-state index in [1.807, 2.05) is 0 Å². The first-order chi connectivity index (χ1) is 12.1. The molecule has 3 aromatic rings. The SMILES string of the molecule is COc1ccc(-c2noc(COC(=O)c3ccc(F)c(Cl)c3)n2)cc1. The summed E-state index contributed by atoms with van der Waals surface area (Å²) >= 11 is 5.64. The third kappa shape index (κ3) is 3.95. The standard InChI is InChI=1S/C17H12ClFN2O4/c1-23-12-5-2-10(3-6-12)16-20-15(25-21-16)9-24-17(22)11-4-7-14(19)13(18)8-11/h2-8H,9H2,1H3. The van der Waals surface area contributed by atoms with Gasteiger partial charge in [0.25, 0.3) is 5.89 Å². The van der Waals surface area contributed by atoms with Crippen molar-refractivity contribution in [1.82, 2.24) is 10.1 Å². The van der Waals surface area contributed by atoms with Crippen LogP contribution in [0.2, 0.25) is 5.02 Å². The van der Waals surface area contributed by atoms with E-state index in [1.54, 1.807) is 31.4 Å². The molecule has 2 aromatic carbocycles. The van der Waals surface area contributed by atoms with Gasteiger partial charge in [-0.05, 0) is 42.5 Å². The van der Waals surface area contributed by atoms with Gasteiger partial charge >= 0.3 is 5.97 Å². The van der Waals surface area contributed by atoms with Crippen molar-refractivity contribution < 1.29 is 23.2 Å². The zero-order valence-corrected chi connectivity index (χ0v) is 13.8. The van der Waals surface area contributed by atoms with Crippen LogP contribution < -0.4 is 4.74 Å². The Morgan fingerprint density at radius 3 is 2.68 bits per heavy atom. The number of hydrogen-bond donors (Lipinski definition) is 0. The van der Waals surface area contributed by atoms with E-state index in [-0.39, 0.29) is 23.1 Å². The molecule has 0 fully saturated rings. The molecular weight excluding hydrogens is 351 g/mol.